The molecule has 0 aromatic rings. The van der Waals surface area contributed by atoms with Crippen molar-refractivity contribution in [3.8, 4) is 0 Å². The summed E-state index contributed by atoms with van der Waals surface area (Å²) in [6, 6.07) is 0. The predicted octanol–water partition coefficient (Wildman–Crippen LogP) is -3.37. The molecule has 34 atom stereocenters. The molecule has 9 fully saturated rings. The second-order valence-corrected chi connectivity index (χ2v) is 29.6. The fourth-order valence-corrected chi connectivity index (χ4v) is 18.5. The molecule has 5 aliphatic heterocycles. The van der Waals surface area contributed by atoms with Crippen molar-refractivity contribution >= 4 is 23.9 Å². The minimum absolute atomic E-state index is 0.00775. The van der Waals surface area contributed by atoms with Crippen molar-refractivity contribution in [2.75, 3.05) is 26.4 Å². The summed E-state index contributed by atoms with van der Waals surface area (Å²) in [6.07, 6.45) is -38.7. The first-order valence-corrected chi connectivity index (χ1v) is 32.7. The van der Waals surface area contributed by atoms with Crippen LogP contribution in [-0.4, -0.2) is 287 Å². The number of carboxylic acids is 1. The number of allylic oxidation sites excluding steroid dienone is 1. The van der Waals surface area contributed by atoms with Crippen LogP contribution in [0.1, 0.15) is 120 Å². The van der Waals surface area contributed by atoms with Crippen LogP contribution in [0.5, 0.6) is 0 Å². The Bertz CT molecular complexity index is 2750. The van der Waals surface area contributed by atoms with Crippen LogP contribution in [0.4, 0.5) is 0 Å². The van der Waals surface area contributed by atoms with Crippen LogP contribution in [0.2, 0.25) is 0 Å². The van der Waals surface area contributed by atoms with E-state index in [1.165, 1.54) is 20.8 Å². The molecule has 34 unspecified atom stereocenters. The number of esters is 3. The number of aliphatic carboxylic acids is 1. The number of aliphatic hydroxyl groups is 14. The summed E-state index contributed by atoms with van der Waals surface area (Å²) < 4.78 is 71.5. The van der Waals surface area contributed by atoms with Gasteiger partial charge >= 0.3 is 23.9 Å². The fraction of sp³-hybridized carbons (Fsp3) is 0.905. The normalized spacial score (nSPS) is 51.7. The van der Waals surface area contributed by atoms with E-state index in [4.69, 9.17) is 56.8 Å². The smallest absolute Gasteiger partial charge is 0.315 e. The molecule has 0 amide bonds. The van der Waals surface area contributed by atoms with E-state index in [0.29, 0.717) is 25.7 Å². The number of carbonyl (C=O) groups is 4. The van der Waals surface area contributed by atoms with Crippen LogP contribution >= 0.6 is 0 Å². The monoisotopic (exact) mass is 1350 g/mol. The summed E-state index contributed by atoms with van der Waals surface area (Å²) in [4.78, 5) is 55.5. The Kier molecular flexibility index (Phi) is 21.3. The predicted molar refractivity (Wildman–Crippen MR) is 310 cm³/mol. The Morgan fingerprint density at radius 3 is 1.66 bits per heavy atom. The van der Waals surface area contributed by atoms with E-state index in [9.17, 15) is 91.0 Å². The zero-order valence-corrected chi connectivity index (χ0v) is 54.3. The van der Waals surface area contributed by atoms with Gasteiger partial charge < -0.3 is 133 Å². The molecule has 0 spiro atoms. The Morgan fingerprint density at radius 2 is 1.07 bits per heavy atom. The molecule has 5 saturated heterocycles. The van der Waals surface area contributed by atoms with Gasteiger partial charge in [0, 0.05) is 19.3 Å². The minimum atomic E-state index is -2.06. The molecule has 5 heterocycles. The van der Waals surface area contributed by atoms with Gasteiger partial charge in [-0.1, -0.05) is 39.3 Å². The lowest BCUT2D eigenvalue weighted by atomic mass is 9.33. The maximum absolute atomic E-state index is 15.9. The maximum atomic E-state index is 15.9. The van der Waals surface area contributed by atoms with Crippen LogP contribution in [0.15, 0.2) is 11.6 Å². The highest BCUT2D eigenvalue weighted by Gasteiger charge is 2.74. The molecule has 10 aliphatic rings. The van der Waals surface area contributed by atoms with Gasteiger partial charge in [-0.05, 0) is 113 Å². The molecule has 0 aromatic heterocycles. The van der Waals surface area contributed by atoms with Crippen molar-refractivity contribution in [2.45, 2.75) is 280 Å². The lowest BCUT2D eigenvalue weighted by Gasteiger charge is -2.71. The Labute approximate surface area is 543 Å². The highest BCUT2D eigenvalue weighted by atomic mass is 16.8. The van der Waals surface area contributed by atoms with Crippen molar-refractivity contribution in [1.29, 1.82) is 0 Å². The highest BCUT2D eigenvalue weighted by Crippen LogP contribution is 2.76. The lowest BCUT2D eigenvalue weighted by molar-refractivity contribution is -0.378. The molecule has 536 valence electrons. The lowest BCUT2D eigenvalue weighted by Crippen LogP contribution is -2.71. The van der Waals surface area contributed by atoms with Crippen LogP contribution < -0.4 is 0 Å². The number of carbonyl (C=O) groups excluding carboxylic acids is 3. The molecule has 0 aromatic carbocycles. The quantitative estimate of drug-likeness (QED) is 0.0310. The number of hydrogen-bond donors (Lipinski definition) is 15. The summed E-state index contributed by atoms with van der Waals surface area (Å²) in [5, 5.41) is 164. The van der Waals surface area contributed by atoms with Gasteiger partial charge in [0.15, 0.2) is 43.5 Å². The molecule has 10 rings (SSSR count). The molecule has 4 saturated carbocycles. The van der Waals surface area contributed by atoms with Crippen LogP contribution in [-0.2, 0) is 76.0 Å². The second kappa shape index (κ2) is 27.3. The Hall–Kier alpha value is -3.30. The third-order valence-electron chi connectivity index (χ3n) is 23.7. The summed E-state index contributed by atoms with van der Waals surface area (Å²) >= 11 is 0. The number of rotatable bonds is 16. The highest BCUT2D eigenvalue weighted by molar-refractivity contribution is 5.79. The second-order valence-electron chi connectivity index (χ2n) is 29.6. The molecule has 0 radical (unpaired) electrons. The zero-order chi connectivity index (χ0) is 69.0. The summed E-state index contributed by atoms with van der Waals surface area (Å²) in [5.74, 6) is -5.43. The van der Waals surface area contributed by atoms with Crippen molar-refractivity contribution in [3.63, 3.8) is 0 Å². The standard InChI is InChI=1S/C63H98O31/c1-24-46(91-51-42(76)38(72)33(22-83-51)90-53-43(77)39(73)36(70)31(20-64)88-53)41(75)45(79)52(84-24)92-49-48(87-27(4)68)47(86-26(3)67)25(2)85-55(49)94-57(82)62-15-14-58(5,6)18-29(62)28-10-11-34-59(7)19-30(69)50(93-54-44(78)40(74)37(71)32(21-65)89-54)61(9,56(80)81)35(59)12-13-60(34,8)63(28,23-66)17-16-62/h10,24-25,29-55,64-66,69-79H,11-23H2,1-9H3,(H,80,81). The first-order valence-electron chi connectivity index (χ1n) is 32.7. The van der Waals surface area contributed by atoms with E-state index in [0.717, 1.165) is 19.4 Å². The van der Waals surface area contributed by atoms with Gasteiger partial charge in [0.25, 0.3) is 0 Å². The molecule has 0 bridgehead atoms. The van der Waals surface area contributed by atoms with Crippen LogP contribution in [0.3, 0.4) is 0 Å². The van der Waals surface area contributed by atoms with Gasteiger partial charge in [0.1, 0.15) is 91.6 Å². The third kappa shape index (κ3) is 12.4. The minimum Gasteiger partial charge on any atom is -0.481 e. The van der Waals surface area contributed by atoms with Gasteiger partial charge in [0.2, 0.25) is 6.29 Å². The van der Waals surface area contributed by atoms with E-state index in [-0.39, 0.29) is 50.0 Å². The summed E-state index contributed by atoms with van der Waals surface area (Å²) in [7, 11) is 0. The molecule has 31 heteroatoms. The van der Waals surface area contributed by atoms with E-state index in [2.05, 4.69) is 26.8 Å². The molecule has 31 nitrogen and oxygen atoms in total. The van der Waals surface area contributed by atoms with Gasteiger partial charge in [-0.3, -0.25) is 19.2 Å². The molecular formula is C63H98O31. The molecule has 5 aliphatic carbocycles. The third-order valence-corrected chi connectivity index (χ3v) is 23.7. The van der Waals surface area contributed by atoms with E-state index < -0.39 is 242 Å². The van der Waals surface area contributed by atoms with Crippen molar-refractivity contribution < 1.29 is 153 Å². The number of ether oxygens (including phenoxy) is 12. The first-order chi connectivity index (χ1) is 44.0. The molecule has 94 heavy (non-hydrogen) atoms. The van der Waals surface area contributed by atoms with E-state index in [1.54, 1.807) is 0 Å². The van der Waals surface area contributed by atoms with Crippen LogP contribution in [0, 0.1) is 50.2 Å². The van der Waals surface area contributed by atoms with Crippen molar-refractivity contribution in [1.82, 2.24) is 0 Å². The summed E-state index contributed by atoms with van der Waals surface area (Å²) in [6.45, 7) is 12.3. The van der Waals surface area contributed by atoms with Crippen molar-refractivity contribution in [2.24, 2.45) is 50.2 Å². The molecule has 15 N–H and O–H groups in total. The van der Waals surface area contributed by atoms with Gasteiger partial charge in [0.05, 0.1) is 55.6 Å². The van der Waals surface area contributed by atoms with Gasteiger partial charge in [-0.2, -0.15) is 0 Å². The number of aliphatic hydroxyl groups excluding tert-OH is 14. The van der Waals surface area contributed by atoms with Crippen molar-refractivity contribution in [3.05, 3.63) is 11.6 Å². The first kappa shape index (κ1) is 73.4. The van der Waals surface area contributed by atoms with E-state index >= 15 is 4.79 Å². The average Bonchev–Trinajstić information content (AvgIpc) is 0.671. The zero-order valence-electron chi connectivity index (χ0n) is 54.3. The van der Waals surface area contributed by atoms with Gasteiger partial charge in [-0.15, -0.1) is 0 Å². The Morgan fingerprint density at radius 1 is 0.543 bits per heavy atom. The Balaban J connectivity index is 0.900. The summed E-state index contributed by atoms with van der Waals surface area (Å²) in [5.41, 5.74) is -5.47. The van der Waals surface area contributed by atoms with Crippen LogP contribution in [0.25, 0.3) is 0 Å². The SMILES string of the molecule is CC(=O)OC1C(C)OC(OC(=O)C23CCC(C)(C)CC2C2=CCC4C5(C)CC(O)C(OC6OC(CO)C(O)C(O)C6O)C(C)(C(=O)O)C5CCC4(C)C2(CO)CC3)C(OC2OC(C)C(OC3OCC(OC4OC(CO)C(O)C(O)C4O)C(O)C3O)C(O)C2O)C1OC(C)=O. The number of carboxylic acid groups (broad SMARTS) is 1. The number of fused-ring (bicyclic) bond motifs is 7. The van der Waals surface area contributed by atoms with E-state index in [1.807, 2.05) is 6.92 Å². The maximum Gasteiger partial charge on any atom is 0.315 e. The van der Waals surface area contributed by atoms with Gasteiger partial charge in [-0.25, -0.2) is 0 Å². The molecular weight excluding hydrogens is 1250 g/mol. The largest absolute Gasteiger partial charge is 0.481 e. The average molecular weight is 1350 g/mol. The fourth-order valence-electron chi connectivity index (χ4n) is 18.5. The topological polar surface area (TPSA) is 482 Å². The number of hydrogen-bond acceptors (Lipinski definition) is 30.